The van der Waals surface area contributed by atoms with Crippen molar-refractivity contribution in [3.05, 3.63) is 77.4 Å². The van der Waals surface area contributed by atoms with E-state index in [1.165, 1.54) is 47.4 Å². The van der Waals surface area contributed by atoms with E-state index in [-0.39, 0.29) is 23.8 Å². The standard InChI is InChI=1S/C17H13FN4O2/c18-13-5-3-12(4-6-13)15-8-17(24)22(11-20-15)10-16(23)21-14-2-1-7-19-9-14/h1-9,11H,10H2,(H,21,23). The van der Waals surface area contributed by atoms with Crippen molar-refractivity contribution < 1.29 is 9.18 Å². The number of pyridine rings is 1. The first-order chi connectivity index (χ1) is 11.6. The minimum atomic E-state index is -0.370. The summed E-state index contributed by atoms with van der Waals surface area (Å²) in [5.74, 6) is -0.722. The number of aromatic nitrogens is 3. The Morgan fingerprint density at radius 3 is 2.67 bits per heavy atom. The van der Waals surface area contributed by atoms with Gasteiger partial charge in [-0.15, -0.1) is 0 Å². The monoisotopic (exact) mass is 324 g/mol. The quantitative estimate of drug-likeness (QED) is 0.797. The summed E-state index contributed by atoms with van der Waals surface area (Å²) in [6.45, 7) is -0.162. The van der Waals surface area contributed by atoms with Gasteiger partial charge < -0.3 is 5.32 Å². The lowest BCUT2D eigenvalue weighted by molar-refractivity contribution is -0.116. The van der Waals surface area contributed by atoms with Crippen molar-refractivity contribution in [2.75, 3.05) is 5.32 Å². The summed E-state index contributed by atoms with van der Waals surface area (Å²) in [6, 6.07) is 10.4. The van der Waals surface area contributed by atoms with Gasteiger partial charge in [-0.1, -0.05) is 0 Å². The van der Waals surface area contributed by atoms with E-state index >= 15 is 0 Å². The number of hydrogen-bond donors (Lipinski definition) is 1. The zero-order valence-corrected chi connectivity index (χ0v) is 12.5. The molecule has 0 fully saturated rings. The van der Waals surface area contributed by atoms with Crippen LogP contribution < -0.4 is 10.9 Å². The molecule has 0 radical (unpaired) electrons. The lowest BCUT2D eigenvalue weighted by Gasteiger charge is -2.07. The maximum Gasteiger partial charge on any atom is 0.254 e. The molecule has 0 aliphatic rings. The SMILES string of the molecule is O=C(Cn1cnc(-c2ccc(F)cc2)cc1=O)Nc1cccnc1. The minimum Gasteiger partial charge on any atom is -0.323 e. The number of nitrogens with zero attached hydrogens (tertiary/aromatic N) is 3. The lowest BCUT2D eigenvalue weighted by Crippen LogP contribution is -2.27. The Balaban J connectivity index is 1.74. The Hall–Kier alpha value is -3.35. The van der Waals surface area contributed by atoms with Crippen LogP contribution in [0.15, 0.2) is 66.0 Å². The molecule has 2 aromatic heterocycles. The van der Waals surface area contributed by atoms with Crippen LogP contribution in [0.5, 0.6) is 0 Å². The van der Waals surface area contributed by atoms with Crippen molar-refractivity contribution >= 4 is 11.6 Å². The predicted octanol–water partition coefficient (Wildman–Crippen LogP) is 2.08. The molecule has 0 bridgehead atoms. The molecule has 0 unspecified atom stereocenters. The van der Waals surface area contributed by atoms with E-state index in [4.69, 9.17) is 0 Å². The third kappa shape index (κ3) is 3.70. The number of halogens is 1. The molecule has 120 valence electrons. The molecular weight excluding hydrogens is 311 g/mol. The van der Waals surface area contributed by atoms with Crippen molar-refractivity contribution in [1.29, 1.82) is 0 Å². The van der Waals surface area contributed by atoms with Gasteiger partial charge in [0, 0.05) is 17.8 Å². The van der Waals surface area contributed by atoms with Gasteiger partial charge in [-0.05, 0) is 36.4 Å². The van der Waals surface area contributed by atoms with Crippen LogP contribution >= 0.6 is 0 Å². The van der Waals surface area contributed by atoms with Gasteiger partial charge in [-0.3, -0.25) is 19.1 Å². The predicted molar refractivity (Wildman–Crippen MR) is 86.8 cm³/mol. The van der Waals surface area contributed by atoms with Crippen molar-refractivity contribution in [3.63, 3.8) is 0 Å². The molecule has 3 aromatic rings. The Morgan fingerprint density at radius 2 is 2.00 bits per heavy atom. The molecular formula is C17H13FN4O2. The van der Waals surface area contributed by atoms with Gasteiger partial charge in [-0.2, -0.15) is 0 Å². The number of nitrogens with one attached hydrogen (secondary N) is 1. The molecule has 0 atom stereocenters. The fraction of sp³-hybridized carbons (Fsp3) is 0.0588. The maximum absolute atomic E-state index is 12.9. The number of rotatable bonds is 4. The molecule has 7 heteroatoms. The van der Waals surface area contributed by atoms with Crippen LogP contribution in [0.25, 0.3) is 11.3 Å². The number of amides is 1. The van der Waals surface area contributed by atoms with E-state index < -0.39 is 0 Å². The molecule has 0 saturated heterocycles. The van der Waals surface area contributed by atoms with E-state index in [1.54, 1.807) is 18.3 Å². The highest BCUT2D eigenvalue weighted by Gasteiger charge is 2.08. The third-order valence-electron chi connectivity index (χ3n) is 3.28. The fourth-order valence-electron chi connectivity index (χ4n) is 2.12. The van der Waals surface area contributed by atoms with Crippen molar-refractivity contribution in [3.8, 4) is 11.3 Å². The van der Waals surface area contributed by atoms with Gasteiger partial charge in [0.2, 0.25) is 5.91 Å². The molecule has 0 spiro atoms. The Morgan fingerprint density at radius 1 is 1.21 bits per heavy atom. The highest BCUT2D eigenvalue weighted by Crippen LogP contribution is 2.15. The number of carbonyl (C=O) groups excluding carboxylic acids is 1. The molecule has 24 heavy (non-hydrogen) atoms. The Bertz CT molecular complexity index is 908. The van der Waals surface area contributed by atoms with Gasteiger partial charge >= 0.3 is 0 Å². The lowest BCUT2D eigenvalue weighted by atomic mass is 10.1. The first-order valence-corrected chi connectivity index (χ1v) is 7.14. The first kappa shape index (κ1) is 15.5. The van der Waals surface area contributed by atoms with Gasteiger partial charge in [0.25, 0.3) is 5.56 Å². The van der Waals surface area contributed by atoms with Crippen LogP contribution in [0.2, 0.25) is 0 Å². The van der Waals surface area contributed by atoms with Crippen LogP contribution in [0.4, 0.5) is 10.1 Å². The molecule has 0 saturated carbocycles. The molecule has 3 rings (SSSR count). The summed E-state index contributed by atoms with van der Waals surface area (Å²) in [7, 11) is 0. The van der Waals surface area contributed by atoms with Gasteiger partial charge in [0.05, 0.1) is 23.9 Å². The van der Waals surface area contributed by atoms with E-state index in [0.717, 1.165) is 0 Å². The number of hydrogen-bond acceptors (Lipinski definition) is 4. The van der Waals surface area contributed by atoms with Crippen molar-refractivity contribution in [1.82, 2.24) is 14.5 Å². The Labute approximate surface area is 136 Å². The summed E-state index contributed by atoms with van der Waals surface area (Å²) in [6.07, 6.45) is 4.40. The van der Waals surface area contributed by atoms with Gasteiger partial charge in [0.1, 0.15) is 12.4 Å². The molecule has 1 amide bonds. The molecule has 0 aliphatic heterocycles. The third-order valence-corrected chi connectivity index (χ3v) is 3.28. The summed E-state index contributed by atoms with van der Waals surface area (Å²) in [4.78, 5) is 32.1. The van der Waals surface area contributed by atoms with Gasteiger partial charge in [0.15, 0.2) is 0 Å². The topological polar surface area (TPSA) is 76.9 Å². The van der Waals surface area contributed by atoms with E-state index in [2.05, 4.69) is 15.3 Å². The number of carbonyl (C=O) groups is 1. The largest absolute Gasteiger partial charge is 0.323 e. The zero-order valence-electron chi connectivity index (χ0n) is 12.5. The van der Waals surface area contributed by atoms with Crippen molar-refractivity contribution in [2.24, 2.45) is 0 Å². The molecule has 1 aromatic carbocycles. The van der Waals surface area contributed by atoms with Crippen LogP contribution in [-0.2, 0) is 11.3 Å². The number of anilines is 1. The summed E-state index contributed by atoms with van der Waals surface area (Å²) in [5, 5.41) is 2.64. The van der Waals surface area contributed by atoms with Crippen LogP contribution in [0.1, 0.15) is 0 Å². The molecule has 0 aliphatic carbocycles. The second-order valence-electron chi connectivity index (χ2n) is 5.04. The first-order valence-electron chi connectivity index (χ1n) is 7.14. The zero-order chi connectivity index (χ0) is 16.9. The van der Waals surface area contributed by atoms with E-state index in [9.17, 15) is 14.0 Å². The van der Waals surface area contributed by atoms with Crippen molar-refractivity contribution in [2.45, 2.75) is 6.54 Å². The molecule has 1 N–H and O–H groups in total. The second-order valence-corrected chi connectivity index (χ2v) is 5.04. The van der Waals surface area contributed by atoms with Crippen LogP contribution in [-0.4, -0.2) is 20.4 Å². The van der Waals surface area contributed by atoms with Crippen LogP contribution in [0, 0.1) is 5.82 Å². The second kappa shape index (κ2) is 6.82. The van der Waals surface area contributed by atoms with Crippen LogP contribution in [0.3, 0.4) is 0 Å². The van der Waals surface area contributed by atoms with Gasteiger partial charge in [-0.25, -0.2) is 9.37 Å². The fourth-order valence-corrected chi connectivity index (χ4v) is 2.12. The highest BCUT2D eigenvalue weighted by molar-refractivity contribution is 5.90. The highest BCUT2D eigenvalue weighted by atomic mass is 19.1. The average Bonchev–Trinajstić information content (AvgIpc) is 2.58. The summed E-state index contributed by atoms with van der Waals surface area (Å²) < 4.78 is 14.1. The average molecular weight is 324 g/mol. The normalized spacial score (nSPS) is 10.4. The summed E-state index contributed by atoms with van der Waals surface area (Å²) >= 11 is 0. The summed E-state index contributed by atoms with van der Waals surface area (Å²) in [5.41, 5.74) is 1.22. The maximum atomic E-state index is 12.9. The smallest absolute Gasteiger partial charge is 0.254 e. The number of benzene rings is 1. The van der Waals surface area contributed by atoms with E-state index in [1.807, 2.05) is 0 Å². The Kier molecular flexibility index (Phi) is 4.42. The minimum absolute atomic E-state index is 0.162. The molecule has 2 heterocycles. The molecule has 6 nitrogen and oxygen atoms in total. The van der Waals surface area contributed by atoms with E-state index in [0.29, 0.717) is 16.9 Å².